The SMILES string of the molecule is CCS(=O)(=O)N(Cc1ncc(-c2nnc(C(F)F)o2)s1)c1cncc(C(C)(C)O)c1. The van der Waals surface area contributed by atoms with Gasteiger partial charge in [-0.3, -0.25) is 9.29 Å². The number of rotatable bonds is 8. The van der Waals surface area contributed by atoms with E-state index < -0.39 is 27.9 Å². The normalized spacial score (nSPS) is 12.5. The second kappa shape index (κ2) is 8.32. The fourth-order valence-electron chi connectivity index (χ4n) is 2.43. The molecule has 3 aromatic rings. The van der Waals surface area contributed by atoms with Crippen molar-refractivity contribution in [1.29, 1.82) is 0 Å². The number of pyridine rings is 1. The zero-order valence-electron chi connectivity index (χ0n) is 16.3. The van der Waals surface area contributed by atoms with Crippen molar-refractivity contribution in [1.82, 2.24) is 20.2 Å². The van der Waals surface area contributed by atoms with Gasteiger partial charge in [-0.15, -0.1) is 21.5 Å². The van der Waals surface area contributed by atoms with E-state index in [1.807, 2.05) is 0 Å². The highest BCUT2D eigenvalue weighted by atomic mass is 32.2. The second-order valence-corrected chi connectivity index (χ2v) is 10.1. The van der Waals surface area contributed by atoms with Gasteiger partial charge in [0, 0.05) is 11.8 Å². The summed E-state index contributed by atoms with van der Waals surface area (Å²) in [6, 6.07) is 1.54. The largest absolute Gasteiger partial charge is 0.414 e. The van der Waals surface area contributed by atoms with E-state index in [4.69, 9.17) is 4.42 Å². The first kappa shape index (κ1) is 22.2. The quantitative estimate of drug-likeness (QED) is 0.545. The van der Waals surface area contributed by atoms with Crippen LogP contribution in [0, 0.1) is 0 Å². The minimum atomic E-state index is -3.71. The zero-order chi connectivity index (χ0) is 22.1. The molecular formula is C17H19F2N5O4S2. The van der Waals surface area contributed by atoms with E-state index in [1.165, 1.54) is 25.5 Å². The zero-order valence-corrected chi connectivity index (χ0v) is 17.9. The third-order valence-corrected chi connectivity index (χ3v) is 6.80. The highest BCUT2D eigenvalue weighted by Crippen LogP contribution is 2.31. The van der Waals surface area contributed by atoms with Crippen molar-refractivity contribution >= 4 is 27.0 Å². The van der Waals surface area contributed by atoms with E-state index in [-0.39, 0.29) is 23.9 Å². The highest BCUT2D eigenvalue weighted by Gasteiger charge is 2.26. The molecule has 0 aliphatic carbocycles. The summed E-state index contributed by atoms with van der Waals surface area (Å²) in [5.41, 5.74) is -0.494. The predicted molar refractivity (Wildman–Crippen MR) is 105 cm³/mol. The Balaban J connectivity index is 1.93. The minimum Gasteiger partial charge on any atom is -0.414 e. The topological polar surface area (TPSA) is 122 Å². The Labute approximate surface area is 175 Å². The van der Waals surface area contributed by atoms with Crippen LogP contribution in [0.1, 0.15) is 43.7 Å². The molecule has 0 aromatic carbocycles. The van der Waals surface area contributed by atoms with E-state index >= 15 is 0 Å². The molecule has 0 aliphatic heterocycles. The fraction of sp³-hybridized carbons (Fsp3) is 0.412. The van der Waals surface area contributed by atoms with Crippen LogP contribution in [0.15, 0.2) is 29.1 Å². The third kappa shape index (κ3) is 4.79. The maximum atomic E-state index is 12.7. The number of halogens is 2. The summed E-state index contributed by atoms with van der Waals surface area (Å²) >= 11 is 1.04. The summed E-state index contributed by atoms with van der Waals surface area (Å²) in [6.07, 6.45) is 1.30. The van der Waals surface area contributed by atoms with Gasteiger partial charge in [0.25, 0.3) is 11.8 Å². The molecule has 3 rings (SSSR count). The molecule has 0 fully saturated rings. The van der Waals surface area contributed by atoms with Crippen molar-refractivity contribution in [3.05, 3.63) is 41.1 Å². The molecule has 0 unspecified atom stereocenters. The minimum absolute atomic E-state index is 0.117. The molecule has 3 aromatic heterocycles. The highest BCUT2D eigenvalue weighted by molar-refractivity contribution is 7.92. The Bertz CT molecular complexity index is 1130. The molecule has 0 amide bonds. The predicted octanol–water partition coefficient (Wildman–Crippen LogP) is 3.11. The Morgan fingerprint density at radius 3 is 2.60 bits per heavy atom. The van der Waals surface area contributed by atoms with Crippen LogP contribution < -0.4 is 4.31 Å². The van der Waals surface area contributed by atoms with Gasteiger partial charge in [0.15, 0.2) is 0 Å². The van der Waals surface area contributed by atoms with Gasteiger partial charge < -0.3 is 9.52 Å². The summed E-state index contributed by atoms with van der Waals surface area (Å²) in [6.45, 7) is 4.52. The molecule has 0 atom stereocenters. The first-order valence-corrected chi connectivity index (χ1v) is 11.2. The van der Waals surface area contributed by atoms with E-state index in [0.29, 0.717) is 15.4 Å². The summed E-state index contributed by atoms with van der Waals surface area (Å²) < 4.78 is 56.7. The van der Waals surface area contributed by atoms with Crippen LogP contribution >= 0.6 is 11.3 Å². The van der Waals surface area contributed by atoms with Crippen LogP contribution in [-0.2, 0) is 22.2 Å². The van der Waals surface area contributed by atoms with Gasteiger partial charge in [-0.2, -0.15) is 8.78 Å². The van der Waals surface area contributed by atoms with Crippen LogP contribution in [-0.4, -0.2) is 39.4 Å². The number of anilines is 1. The average Bonchev–Trinajstić information content (AvgIpc) is 3.35. The number of thiazole rings is 1. The molecule has 30 heavy (non-hydrogen) atoms. The number of aromatic nitrogens is 4. The standard InChI is InChI=1S/C17H19F2N5O4S2/c1-4-30(26,27)24(11-5-10(6-20-7-11)17(2,3)25)9-13-21-8-12(29-13)15-22-23-16(28-15)14(18)19/h5-8,14,25H,4,9H2,1-3H3. The Kier molecular flexibility index (Phi) is 6.15. The lowest BCUT2D eigenvalue weighted by atomic mass is 10.0. The molecule has 162 valence electrons. The maximum Gasteiger partial charge on any atom is 0.314 e. The second-order valence-electron chi connectivity index (χ2n) is 6.76. The first-order chi connectivity index (χ1) is 14.0. The van der Waals surface area contributed by atoms with Gasteiger partial charge >= 0.3 is 6.43 Å². The summed E-state index contributed by atoms with van der Waals surface area (Å²) in [5.74, 6) is -1.09. The van der Waals surface area contributed by atoms with Crippen LogP contribution in [0.5, 0.6) is 0 Å². The van der Waals surface area contributed by atoms with Crippen molar-refractivity contribution in [2.45, 2.75) is 39.3 Å². The van der Waals surface area contributed by atoms with Crippen molar-refractivity contribution in [2.75, 3.05) is 10.1 Å². The van der Waals surface area contributed by atoms with E-state index in [9.17, 15) is 22.3 Å². The average molecular weight is 460 g/mol. The van der Waals surface area contributed by atoms with Crippen LogP contribution in [0.3, 0.4) is 0 Å². The molecule has 13 heteroatoms. The number of hydrogen-bond donors (Lipinski definition) is 1. The lowest BCUT2D eigenvalue weighted by Crippen LogP contribution is -2.32. The lowest BCUT2D eigenvalue weighted by Gasteiger charge is -2.25. The lowest BCUT2D eigenvalue weighted by molar-refractivity contribution is 0.0782. The molecule has 0 bridgehead atoms. The molecule has 0 spiro atoms. The van der Waals surface area contributed by atoms with Crippen LogP contribution in [0.4, 0.5) is 14.5 Å². The number of nitrogens with zero attached hydrogens (tertiary/aromatic N) is 5. The molecule has 0 saturated heterocycles. The molecule has 9 nitrogen and oxygen atoms in total. The number of aliphatic hydroxyl groups is 1. The molecule has 0 aliphatic rings. The van der Waals surface area contributed by atoms with Crippen LogP contribution in [0.25, 0.3) is 10.8 Å². The monoisotopic (exact) mass is 459 g/mol. The molecule has 0 saturated carbocycles. The van der Waals surface area contributed by atoms with E-state index in [0.717, 1.165) is 15.6 Å². The van der Waals surface area contributed by atoms with Crippen molar-refractivity contribution in [2.24, 2.45) is 0 Å². The maximum absolute atomic E-state index is 12.7. The summed E-state index contributed by atoms with van der Waals surface area (Å²) in [5, 5.41) is 17.4. The summed E-state index contributed by atoms with van der Waals surface area (Å²) in [7, 11) is -3.71. The van der Waals surface area contributed by atoms with E-state index in [2.05, 4.69) is 20.2 Å². The number of alkyl halides is 2. The summed E-state index contributed by atoms with van der Waals surface area (Å²) in [4.78, 5) is 8.54. The van der Waals surface area contributed by atoms with Gasteiger partial charge in [-0.1, -0.05) is 0 Å². The number of hydrogen-bond acceptors (Lipinski definition) is 9. The smallest absolute Gasteiger partial charge is 0.314 e. The third-order valence-electron chi connectivity index (χ3n) is 4.09. The van der Waals surface area contributed by atoms with Gasteiger partial charge in [-0.05, 0) is 26.8 Å². The number of sulfonamides is 1. The van der Waals surface area contributed by atoms with Crippen molar-refractivity contribution in [3.63, 3.8) is 0 Å². The Morgan fingerprint density at radius 1 is 1.27 bits per heavy atom. The van der Waals surface area contributed by atoms with Crippen LogP contribution in [0.2, 0.25) is 0 Å². The van der Waals surface area contributed by atoms with Crippen molar-refractivity contribution in [3.8, 4) is 10.8 Å². The first-order valence-electron chi connectivity index (χ1n) is 8.76. The van der Waals surface area contributed by atoms with Gasteiger partial charge in [0.05, 0.1) is 36.0 Å². The van der Waals surface area contributed by atoms with Gasteiger partial charge in [0.1, 0.15) is 9.88 Å². The van der Waals surface area contributed by atoms with Crippen molar-refractivity contribution < 1.29 is 26.7 Å². The van der Waals surface area contributed by atoms with Gasteiger partial charge in [0.2, 0.25) is 10.0 Å². The molecule has 1 N–H and O–H groups in total. The molecule has 0 radical (unpaired) electrons. The molecular weight excluding hydrogens is 440 g/mol. The Morgan fingerprint density at radius 2 is 2.00 bits per heavy atom. The fourth-order valence-corrected chi connectivity index (χ4v) is 4.39. The molecule has 3 heterocycles. The van der Waals surface area contributed by atoms with E-state index in [1.54, 1.807) is 19.9 Å². The Hall–Kier alpha value is -2.51. The van der Waals surface area contributed by atoms with Gasteiger partial charge in [-0.25, -0.2) is 13.4 Å².